The molecule has 0 saturated heterocycles. The largest absolute Gasteiger partial charge is 0.493 e. The Morgan fingerprint density at radius 1 is 1.37 bits per heavy atom. The van der Waals surface area contributed by atoms with Gasteiger partial charge in [-0.15, -0.1) is 0 Å². The van der Waals surface area contributed by atoms with Gasteiger partial charge in [0, 0.05) is 24.8 Å². The average molecular weight is 266 g/mol. The Balaban J connectivity index is 2.26. The van der Waals surface area contributed by atoms with Crippen LogP contribution < -0.4 is 10.5 Å². The molecule has 0 aliphatic heterocycles. The van der Waals surface area contributed by atoms with Crippen LogP contribution in [0.5, 0.6) is 5.75 Å². The molecule has 0 amide bonds. The quantitative estimate of drug-likeness (QED) is 0.559. The van der Waals surface area contributed by atoms with E-state index >= 15 is 0 Å². The van der Waals surface area contributed by atoms with Gasteiger partial charge in [-0.1, -0.05) is 13.0 Å². The summed E-state index contributed by atoms with van der Waals surface area (Å²) in [6, 6.07) is 7.46. The monoisotopic (exact) mass is 266 g/mol. The van der Waals surface area contributed by atoms with Crippen LogP contribution in [0.1, 0.15) is 27.2 Å². The summed E-state index contributed by atoms with van der Waals surface area (Å²) in [4.78, 5) is 2.22. The Labute approximate surface area is 116 Å². The van der Waals surface area contributed by atoms with Gasteiger partial charge in [-0.3, -0.25) is 0 Å². The summed E-state index contributed by atoms with van der Waals surface area (Å²) in [6.07, 6.45) is 0.929. The lowest BCUT2D eigenvalue weighted by molar-refractivity contribution is 0.0364. The molecule has 1 aromatic carbocycles. The molecule has 3 N–H and O–H groups in total. The maximum atomic E-state index is 9.80. The van der Waals surface area contributed by atoms with Gasteiger partial charge in [0.2, 0.25) is 0 Å². The molecule has 0 aromatic heterocycles. The molecule has 19 heavy (non-hydrogen) atoms. The third kappa shape index (κ3) is 7.03. The van der Waals surface area contributed by atoms with Crippen LogP contribution in [0, 0.1) is 0 Å². The summed E-state index contributed by atoms with van der Waals surface area (Å²) in [5.74, 6) is 0.811. The molecule has 0 heterocycles. The number of anilines is 1. The Morgan fingerprint density at radius 2 is 2.11 bits per heavy atom. The van der Waals surface area contributed by atoms with Gasteiger partial charge in [0.25, 0.3) is 0 Å². The molecule has 0 radical (unpaired) electrons. The van der Waals surface area contributed by atoms with E-state index < -0.39 is 5.60 Å². The van der Waals surface area contributed by atoms with Gasteiger partial charge >= 0.3 is 0 Å². The minimum atomic E-state index is -0.648. The number of hydrogen-bond donors (Lipinski definition) is 2. The standard InChI is InChI=1S/C15H26N2O2/c1-4-17(12-15(2,3)18)9-6-10-19-14-8-5-7-13(16)11-14/h5,7-8,11,18H,4,6,9-10,12,16H2,1-3H3. The highest BCUT2D eigenvalue weighted by atomic mass is 16.5. The number of benzene rings is 1. The van der Waals surface area contributed by atoms with Crippen LogP contribution in [0.4, 0.5) is 5.69 Å². The summed E-state index contributed by atoms with van der Waals surface area (Å²) in [7, 11) is 0. The van der Waals surface area contributed by atoms with Gasteiger partial charge in [0.15, 0.2) is 0 Å². The van der Waals surface area contributed by atoms with Gasteiger partial charge in [-0.2, -0.15) is 0 Å². The maximum absolute atomic E-state index is 9.80. The lowest BCUT2D eigenvalue weighted by Gasteiger charge is -2.27. The van der Waals surface area contributed by atoms with E-state index in [1.807, 2.05) is 38.1 Å². The first-order chi connectivity index (χ1) is 8.90. The lowest BCUT2D eigenvalue weighted by Crippen LogP contribution is -2.39. The van der Waals surface area contributed by atoms with Crippen molar-refractivity contribution in [1.82, 2.24) is 4.90 Å². The number of rotatable bonds is 8. The van der Waals surface area contributed by atoms with Crippen molar-refractivity contribution in [2.24, 2.45) is 0 Å². The molecule has 0 unspecified atom stereocenters. The van der Waals surface area contributed by atoms with Crippen LogP contribution in [0.15, 0.2) is 24.3 Å². The molecule has 108 valence electrons. The van der Waals surface area contributed by atoms with Gasteiger partial charge in [-0.25, -0.2) is 0 Å². The second-order valence-corrected chi connectivity index (χ2v) is 5.46. The number of hydrogen-bond acceptors (Lipinski definition) is 4. The zero-order valence-electron chi connectivity index (χ0n) is 12.2. The molecule has 1 rings (SSSR count). The summed E-state index contributed by atoms with van der Waals surface area (Å²) in [6.45, 7) is 8.96. The van der Waals surface area contributed by atoms with Crippen molar-refractivity contribution in [2.75, 3.05) is 32.0 Å². The molecule has 0 fully saturated rings. The van der Waals surface area contributed by atoms with Crippen molar-refractivity contribution >= 4 is 5.69 Å². The molecule has 0 spiro atoms. The number of nitrogen functional groups attached to an aromatic ring is 1. The molecule has 0 aliphatic rings. The first-order valence-corrected chi connectivity index (χ1v) is 6.84. The summed E-state index contributed by atoms with van der Waals surface area (Å²) in [5, 5.41) is 9.80. The molecular weight excluding hydrogens is 240 g/mol. The first kappa shape index (κ1) is 15.8. The third-order valence-electron chi connectivity index (χ3n) is 2.80. The minimum absolute atomic E-state index is 0.648. The molecule has 4 nitrogen and oxygen atoms in total. The maximum Gasteiger partial charge on any atom is 0.121 e. The Morgan fingerprint density at radius 3 is 2.68 bits per heavy atom. The molecule has 0 aliphatic carbocycles. The highest BCUT2D eigenvalue weighted by Gasteiger charge is 2.16. The summed E-state index contributed by atoms with van der Waals surface area (Å²) in [5.41, 5.74) is 5.76. The molecule has 4 heteroatoms. The number of nitrogens with zero attached hydrogens (tertiary/aromatic N) is 1. The zero-order chi connectivity index (χ0) is 14.3. The molecular formula is C15H26N2O2. The Bertz CT molecular complexity index is 375. The second-order valence-electron chi connectivity index (χ2n) is 5.46. The fourth-order valence-electron chi connectivity index (χ4n) is 1.98. The van der Waals surface area contributed by atoms with Crippen LogP contribution in [0.25, 0.3) is 0 Å². The summed E-state index contributed by atoms with van der Waals surface area (Å²) >= 11 is 0. The van der Waals surface area contributed by atoms with Crippen LogP contribution in [-0.4, -0.2) is 41.8 Å². The van der Waals surface area contributed by atoms with Crippen molar-refractivity contribution in [3.8, 4) is 5.75 Å². The number of likely N-dealkylation sites (N-methyl/N-ethyl adjacent to an activating group) is 1. The topological polar surface area (TPSA) is 58.7 Å². The van der Waals surface area contributed by atoms with Gasteiger partial charge in [0.05, 0.1) is 12.2 Å². The van der Waals surface area contributed by atoms with E-state index in [0.29, 0.717) is 13.2 Å². The number of nitrogens with two attached hydrogens (primary N) is 1. The minimum Gasteiger partial charge on any atom is -0.493 e. The predicted molar refractivity (Wildman–Crippen MR) is 79.4 cm³/mol. The zero-order valence-corrected chi connectivity index (χ0v) is 12.2. The normalized spacial score (nSPS) is 11.8. The van der Waals surface area contributed by atoms with E-state index in [4.69, 9.17) is 10.5 Å². The number of aliphatic hydroxyl groups is 1. The Hall–Kier alpha value is -1.26. The Kier molecular flexibility index (Phi) is 6.12. The first-order valence-electron chi connectivity index (χ1n) is 6.84. The van der Waals surface area contributed by atoms with Crippen molar-refractivity contribution in [3.63, 3.8) is 0 Å². The molecule has 1 aromatic rings. The van der Waals surface area contributed by atoms with Crippen molar-refractivity contribution < 1.29 is 9.84 Å². The van der Waals surface area contributed by atoms with E-state index in [2.05, 4.69) is 11.8 Å². The van der Waals surface area contributed by atoms with Crippen molar-refractivity contribution in [3.05, 3.63) is 24.3 Å². The molecule has 0 saturated carbocycles. The van der Waals surface area contributed by atoms with Crippen LogP contribution in [0.2, 0.25) is 0 Å². The fourth-order valence-corrected chi connectivity index (χ4v) is 1.98. The van der Waals surface area contributed by atoms with E-state index in [-0.39, 0.29) is 0 Å². The van der Waals surface area contributed by atoms with Crippen LogP contribution in [-0.2, 0) is 0 Å². The van der Waals surface area contributed by atoms with Crippen LogP contribution >= 0.6 is 0 Å². The highest BCUT2D eigenvalue weighted by molar-refractivity contribution is 5.43. The lowest BCUT2D eigenvalue weighted by atomic mass is 10.1. The SMILES string of the molecule is CCN(CCCOc1cccc(N)c1)CC(C)(C)O. The predicted octanol–water partition coefficient (Wildman–Crippen LogP) is 2.13. The van der Waals surface area contributed by atoms with E-state index in [1.165, 1.54) is 0 Å². The summed E-state index contributed by atoms with van der Waals surface area (Å²) < 4.78 is 5.64. The van der Waals surface area contributed by atoms with Crippen molar-refractivity contribution in [1.29, 1.82) is 0 Å². The van der Waals surface area contributed by atoms with Crippen LogP contribution in [0.3, 0.4) is 0 Å². The van der Waals surface area contributed by atoms with E-state index in [0.717, 1.165) is 30.9 Å². The van der Waals surface area contributed by atoms with Crippen molar-refractivity contribution in [2.45, 2.75) is 32.8 Å². The van der Waals surface area contributed by atoms with Gasteiger partial charge in [0.1, 0.15) is 5.75 Å². The number of ether oxygens (including phenoxy) is 1. The fraction of sp³-hybridized carbons (Fsp3) is 0.600. The molecule has 0 bridgehead atoms. The average Bonchev–Trinajstić information content (AvgIpc) is 2.31. The van der Waals surface area contributed by atoms with E-state index in [1.54, 1.807) is 0 Å². The molecule has 0 atom stereocenters. The third-order valence-corrected chi connectivity index (χ3v) is 2.80. The van der Waals surface area contributed by atoms with Gasteiger partial charge < -0.3 is 20.5 Å². The van der Waals surface area contributed by atoms with E-state index in [9.17, 15) is 5.11 Å². The smallest absolute Gasteiger partial charge is 0.121 e. The second kappa shape index (κ2) is 7.36. The van der Waals surface area contributed by atoms with Gasteiger partial charge in [-0.05, 0) is 38.9 Å². The highest BCUT2D eigenvalue weighted by Crippen LogP contribution is 2.14.